The molecule has 174 valence electrons. The summed E-state index contributed by atoms with van der Waals surface area (Å²) in [5.74, 6) is 1.09. The molecule has 0 bridgehead atoms. The van der Waals surface area contributed by atoms with Gasteiger partial charge in [0, 0.05) is 25.7 Å². The van der Waals surface area contributed by atoms with Gasteiger partial charge in [-0.2, -0.15) is 0 Å². The van der Waals surface area contributed by atoms with E-state index in [1.807, 2.05) is 31.2 Å². The normalized spacial score (nSPS) is 14.2. The molecule has 3 rings (SSSR count). The Morgan fingerprint density at radius 3 is 2.53 bits per heavy atom. The molecule has 0 spiro atoms. The van der Waals surface area contributed by atoms with E-state index in [1.165, 1.54) is 18.9 Å². The molecule has 6 nitrogen and oxygen atoms in total. The van der Waals surface area contributed by atoms with Gasteiger partial charge in [0.15, 0.2) is 17.5 Å². The van der Waals surface area contributed by atoms with E-state index in [0.717, 1.165) is 12.0 Å². The van der Waals surface area contributed by atoms with E-state index in [-0.39, 0.29) is 41.7 Å². The van der Waals surface area contributed by atoms with Crippen LogP contribution in [0.15, 0.2) is 53.5 Å². The smallest absolute Gasteiger partial charge is 0.251 e. The molecule has 0 radical (unpaired) electrons. The summed E-state index contributed by atoms with van der Waals surface area (Å²) in [5.41, 5.74) is 1.47. The number of aliphatic imine (C=N–C) groups is 1. The predicted molar refractivity (Wildman–Crippen MR) is 136 cm³/mol. The molecule has 0 aliphatic heterocycles. The molecule has 1 saturated carbocycles. The lowest BCUT2D eigenvalue weighted by molar-refractivity contribution is 0.0953. The van der Waals surface area contributed by atoms with Crippen molar-refractivity contribution < 1.29 is 13.9 Å². The van der Waals surface area contributed by atoms with Crippen LogP contribution in [-0.2, 0) is 0 Å². The Bertz CT molecular complexity index is 891. The van der Waals surface area contributed by atoms with Gasteiger partial charge in [0.1, 0.15) is 0 Å². The second kappa shape index (κ2) is 13.2. The molecule has 0 heterocycles. The van der Waals surface area contributed by atoms with E-state index < -0.39 is 0 Å². The van der Waals surface area contributed by atoms with Gasteiger partial charge in [-0.1, -0.05) is 24.3 Å². The zero-order valence-corrected chi connectivity index (χ0v) is 20.9. The summed E-state index contributed by atoms with van der Waals surface area (Å²) in [6, 6.07) is 14.1. The number of nitrogens with zero attached hydrogens (tertiary/aromatic N) is 1. The third-order valence-electron chi connectivity index (χ3n) is 5.17. The zero-order valence-electron chi connectivity index (χ0n) is 18.6. The number of benzene rings is 2. The highest BCUT2D eigenvalue weighted by Gasteiger charge is 2.22. The number of hydrogen-bond acceptors (Lipinski definition) is 3. The minimum absolute atomic E-state index is 0. The number of carbonyl (C=O) groups excluding carboxylic acids is 1. The molecular weight excluding hydrogens is 522 g/mol. The largest absolute Gasteiger partial charge is 0.490 e. The van der Waals surface area contributed by atoms with Crippen molar-refractivity contribution in [2.24, 2.45) is 10.9 Å². The van der Waals surface area contributed by atoms with Crippen molar-refractivity contribution in [1.82, 2.24) is 16.0 Å². The zero-order chi connectivity index (χ0) is 22.1. The molecule has 8 heteroatoms. The van der Waals surface area contributed by atoms with Crippen LogP contribution >= 0.6 is 24.0 Å². The SMILES string of the molecule is CN=C(NCCCNC(=O)c1ccccc1)NC(C)c1ccc(OCC2CC2)c(F)c1.I. The van der Waals surface area contributed by atoms with E-state index in [1.54, 1.807) is 25.2 Å². The molecule has 32 heavy (non-hydrogen) atoms. The van der Waals surface area contributed by atoms with E-state index in [9.17, 15) is 9.18 Å². The number of nitrogens with one attached hydrogen (secondary N) is 3. The lowest BCUT2D eigenvalue weighted by atomic mass is 10.1. The minimum atomic E-state index is -0.344. The number of ether oxygens (including phenoxy) is 1. The van der Waals surface area contributed by atoms with Crippen LogP contribution in [0.25, 0.3) is 0 Å². The Labute approximate surface area is 206 Å². The van der Waals surface area contributed by atoms with Gasteiger partial charge >= 0.3 is 0 Å². The predicted octanol–water partition coefficient (Wildman–Crippen LogP) is 4.28. The molecule has 1 atom stereocenters. The number of guanidine groups is 1. The van der Waals surface area contributed by atoms with Gasteiger partial charge in [0.25, 0.3) is 5.91 Å². The van der Waals surface area contributed by atoms with Gasteiger partial charge in [-0.25, -0.2) is 4.39 Å². The Balaban J connectivity index is 0.00000363. The standard InChI is InChI=1S/C24H31FN4O2.HI/c1-17(20-11-12-22(21(25)15-20)31-16-18-9-10-18)29-24(26-2)28-14-6-13-27-23(30)19-7-4-3-5-8-19;/h3-5,7-8,11-12,15,17-18H,6,9-10,13-14,16H2,1-2H3,(H,27,30)(H2,26,28,29);1H. The average Bonchev–Trinajstić information content (AvgIpc) is 3.62. The van der Waals surface area contributed by atoms with Crippen LogP contribution in [-0.4, -0.2) is 38.6 Å². The molecule has 0 aromatic heterocycles. The summed E-state index contributed by atoms with van der Waals surface area (Å²) in [7, 11) is 1.69. The van der Waals surface area contributed by atoms with Crippen LogP contribution in [0.2, 0.25) is 0 Å². The van der Waals surface area contributed by atoms with Gasteiger partial charge in [-0.05, 0) is 61.9 Å². The second-order valence-electron chi connectivity index (χ2n) is 7.78. The van der Waals surface area contributed by atoms with Crippen molar-refractivity contribution in [3.63, 3.8) is 0 Å². The van der Waals surface area contributed by atoms with E-state index in [2.05, 4.69) is 20.9 Å². The number of rotatable bonds is 10. The lowest BCUT2D eigenvalue weighted by Crippen LogP contribution is -2.40. The monoisotopic (exact) mass is 554 g/mol. The molecule has 0 saturated heterocycles. The lowest BCUT2D eigenvalue weighted by Gasteiger charge is -2.19. The molecular formula is C24H32FIN4O2. The van der Waals surface area contributed by atoms with Crippen molar-refractivity contribution >= 4 is 35.8 Å². The van der Waals surface area contributed by atoms with Crippen LogP contribution < -0.4 is 20.7 Å². The minimum Gasteiger partial charge on any atom is -0.490 e. The maximum Gasteiger partial charge on any atom is 0.251 e. The highest BCUT2D eigenvalue weighted by atomic mass is 127. The second-order valence-corrected chi connectivity index (χ2v) is 7.78. The van der Waals surface area contributed by atoms with Gasteiger partial charge in [0.05, 0.1) is 12.6 Å². The first-order chi connectivity index (χ1) is 15.1. The maximum absolute atomic E-state index is 14.3. The third-order valence-corrected chi connectivity index (χ3v) is 5.17. The Hall–Kier alpha value is -2.36. The van der Waals surface area contributed by atoms with Crippen molar-refractivity contribution in [2.75, 3.05) is 26.7 Å². The molecule has 2 aromatic rings. The van der Waals surface area contributed by atoms with Gasteiger partial charge in [-0.15, -0.1) is 24.0 Å². The summed E-state index contributed by atoms with van der Waals surface area (Å²) in [6.07, 6.45) is 3.09. The Kier molecular flexibility index (Phi) is 10.7. The molecule has 1 aliphatic rings. The van der Waals surface area contributed by atoms with Crippen molar-refractivity contribution in [3.8, 4) is 5.75 Å². The number of halogens is 2. The van der Waals surface area contributed by atoms with Crippen LogP contribution in [0, 0.1) is 11.7 Å². The van der Waals surface area contributed by atoms with Gasteiger partial charge < -0.3 is 20.7 Å². The summed E-state index contributed by atoms with van der Waals surface area (Å²) >= 11 is 0. The molecule has 1 unspecified atom stereocenters. The number of amides is 1. The fourth-order valence-corrected chi connectivity index (χ4v) is 3.07. The first-order valence-electron chi connectivity index (χ1n) is 10.8. The van der Waals surface area contributed by atoms with Gasteiger partial charge in [-0.3, -0.25) is 9.79 Å². The third kappa shape index (κ3) is 8.29. The topological polar surface area (TPSA) is 74.8 Å². The highest BCUT2D eigenvalue weighted by Crippen LogP contribution is 2.30. The van der Waals surface area contributed by atoms with Crippen molar-refractivity contribution in [2.45, 2.75) is 32.2 Å². The molecule has 2 aromatic carbocycles. The Morgan fingerprint density at radius 2 is 1.88 bits per heavy atom. The molecule has 1 amide bonds. The first kappa shape index (κ1) is 25.9. The maximum atomic E-state index is 14.3. The fourth-order valence-electron chi connectivity index (χ4n) is 3.07. The highest BCUT2D eigenvalue weighted by molar-refractivity contribution is 14.0. The number of carbonyl (C=O) groups is 1. The van der Waals surface area contributed by atoms with E-state index in [4.69, 9.17) is 4.74 Å². The number of hydrogen-bond donors (Lipinski definition) is 3. The van der Waals surface area contributed by atoms with Crippen LogP contribution in [0.5, 0.6) is 5.75 Å². The summed E-state index contributed by atoms with van der Waals surface area (Å²) < 4.78 is 19.9. The first-order valence-corrected chi connectivity index (χ1v) is 10.8. The molecule has 1 fully saturated rings. The van der Waals surface area contributed by atoms with Crippen LogP contribution in [0.4, 0.5) is 4.39 Å². The summed E-state index contributed by atoms with van der Waals surface area (Å²) in [4.78, 5) is 16.2. The molecule has 3 N–H and O–H groups in total. The van der Waals surface area contributed by atoms with Crippen molar-refractivity contribution in [1.29, 1.82) is 0 Å². The van der Waals surface area contributed by atoms with E-state index in [0.29, 0.717) is 42.9 Å². The summed E-state index contributed by atoms with van der Waals surface area (Å²) in [6.45, 7) is 3.74. The van der Waals surface area contributed by atoms with Gasteiger partial charge in [0.2, 0.25) is 0 Å². The van der Waals surface area contributed by atoms with Crippen LogP contribution in [0.1, 0.15) is 48.1 Å². The van der Waals surface area contributed by atoms with E-state index >= 15 is 0 Å². The average molecular weight is 554 g/mol. The van der Waals surface area contributed by atoms with Crippen LogP contribution in [0.3, 0.4) is 0 Å². The Morgan fingerprint density at radius 1 is 1.16 bits per heavy atom. The summed E-state index contributed by atoms with van der Waals surface area (Å²) in [5, 5.41) is 9.38. The molecule has 1 aliphatic carbocycles. The quantitative estimate of drug-likeness (QED) is 0.178. The fraction of sp³-hybridized carbons (Fsp3) is 0.417. The van der Waals surface area contributed by atoms with Crippen molar-refractivity contribution in [3.05, 3.63) is 65.5 Å².